The van der Waals surface area contributed by atoms with Crippen LogP contribution in [0.4, 0.5) is 0 Å². The van der Waals surface area contributed by atoms with Gasteiger partial charge in [-0.2, -0.15) is 0 Å². The molecule has 0 spiro atoms. The van der Waals surface area contributed by atoms with Crippen LogP contribution in [0.25, 0.3) is 0 Å². The molecular weight excluding hydrogens is 252 g/mol. The Labute approximate surface area is 111 Å². The van der Waals surface area contributed by atoms with Crippen LogP contribution in [0.1, 0.15) is 5.56 Å². The molecule has 0 bridgehead atoms. The van der Waals surface area contributed by atoms with Gasteiger partial charge in [-0.3, -0.25) is 0 Å². The molecule has 2 aromatic rings. The molecule has 2 aromatic carbocycles. The maximum Gasteiger partial charge on any atom is 0.119 e. The highest BCUT2D eigenvalue weighted by Gasteiger charge is 1.96. The van der Waals surface area contributed by atoms with E-state index in [0.29, 0.717) is 6.61 Å². The molecule has 0 unspecified atom stereocenters. The van der Waals surface area contributed by atoms with Gasteiger partial charge in [0.05, 0.1) is 0 Å². The number of thioether (sulfide) groups is 1. The molecule has 0 aromatic heterocycles. The van der Waals surface area contributed by atoms with Crippen LogP contribution < -0.4 is 4.74 Å². The Morgan fingerprint density at radius 2 is 1.65 bits per heavy atom. The number of hydrogen-bond donors (Lipinski definition) is 0. The molecule has 0 aliphatic heterocycles. The first-order valence-corrected chi connectivity index (χ1v) is 6.89. The van der Waals surface area contributed by atoms with Gasteiger partial charge in [-0.1, -0.05) is 23.7 Å². The molecule has 0 aliphatic rings. The van der Waals surface area contributed by atoms with Crippen molar-refractivity contribution in [3.05, 3.63) is 59.1 Å². The van der Waals surface area contributed by atoms with Crippen molar-refractivity contribution in [1.82, 2.24) is 0 Å². The third-order valence-corrected chi connectivity index (χ3v) is 3.37. The van der Waals surface area contributed by atoms with Crippen LogP contribution in [0.2, 0.25) is 5.02 Å². The lowest BCUT2D eigenvalue weighted by Crippen LogP contribution is -1.94. The van der Waals surface area contributed by atoms with Gasteiger partial charge in [0.1, 0.15) is 12.4 Å². The average Bonchev–Trinajstić information content (AvgIpc) is 2.39. The lowest BCUT2D eigenvalue weighted by atomic mass is 10.2. The van der Waals surface area contributed by atoms with E-state index in [2.05, 4.69) is 18.4 Å². The standard InChI is InChI=1S/C14H13ClOS/c1-17-14-8-6-13(7-9-14)16-10-11-2-4-12(15)5-3-11/h2-9H,10H2,1H3. The van der Waals surface area contributed by atoms with E-state index >= 15 is 0 Å². The third kappa shape index (κ3) is 3.69. The zero-order valence-corrected chi connectivity index (χ0v) is 11.1. The molecule has 0 aliphatic carbocycles. The largest absolute Gasteiger partial charge is 0.489 e. The van der Waals surface area contributed by atoms with Crippen molar-refractivity contribution in [3.63, 3.8) is 0 Å². The summed E-state index contributed by atoms with van der Waals surface area (Å²) in [6, 6.07) is 15.8. The molecule has 88 valence electrons. The van der Waals surface area contributed by atoms with Crippen LogP contribution >= 0.6 is 23.4 Å². The molecule has 0 atom stereocenters. The fourth-order valence-electron chi connectivity index (χ4n) is 1.42. The van der Waals surface area contributed by atoms with Crippen molar-refractivity contribution in [2.75, 3.05) is 6.26 Å². The fraction of sp³-hybridized carbons (Fsp3) is 0.143. The van der Waals surface area contributed by atoms with Crippen molar-refractivity contribution in [3.8, 4) is 5.75 Å². The molecule has 0 fully saturated rings. The van der Waals surface area contributed by atoms with Crippen molar-refractivity contribution in [1.29, 1.82) is 0 Å². The summed E-state index contributed by atoms with van der Waals surface area (Å²) in [4.78, 5) is 1.24. The lowest BCUT2D eigenvalue weighted by molar-refractivity contribution is 0.306. The third-order valence-electron chi connectivity index (χ3n) is 2.38. The normalized spacial score (nSPS) is 10.2. The van der Waals surface area contributed by atoms with E-state index in [1.54, 1.807) is 11.8 Å². The molecule has 0 saturated heterocycles. The topological polar surface area (TPSA) is 9.23 Å². The van der Waals surface area contributed by atoms with E-state index in [0.717, 1.165) is 16.3 Å². The van der Waals surface area contributed by atoms with Gasteiger partial charge in [0.25, 0.3) is 0 Å². The number of halogens is 1. The maximum absolute atomic E-state index is 5.82. The van der Waals surface area contributed by atoms with Crippen molar-refractivity contribution in [2.45, 2.75) is 11.5 Å². The summed E-state index contributed by atoms with van der Waals surface area (Å²) >= 11 is 7.54. The van der Waals surface area contributed by atoms with Gasteiger partial charge in [0.2, 0.25) is 0 Å². The van der Waals surface area contributed by atoms with E-state index in [9.17, 15) is 0 Å². The summed E-state index contributed by atoms with van der Waals surface area (Å²) in [6.07, 6.45) is 2.06. The minimum Gasteiger partial charge on any atom is -0.489 e. The molecular formula is C14H13ClOS. The Balaban J connectivity index is 1.95. The van der Waals surface area contributed by atoms with Gasteiger partial charge in [0, 0.05) is 9.92 Å². The zero-order chi connectivity index (χ0) is 12.1. The molecule has 2 rings (SSSR count). The van der Waals surface area contributed by atoms with Gasteiger partial charge in [-0.25, -0.2) is 0 Å². The first kappa shape index (κ1) is 12.3. The minimum absolute atomic E-state index is 0.565. The van der Waals surface area contributed by atoms with Gasteiger partial charge in [-0.15, -0.1) is 11.8 Å². The minimum atomic E-state index is 0.565. The fourth-order valence-corrected chi connectivity index (χ4v) is 1.95. The second kappa shape index (κ2) is 5.99. The summed E-state index contributed by atoms with van der Waals surface area (Å²) in [7, 11) is 0. The highest BCUT2D eigenvalue weighted by atomic mass is 35.5. The van der Waals surface area contributed by atoms with E-state index < -0.39 is 0 Å². The maximum atomic E-state index is 5.82. The van der Waals surface area contributed by atoms with Crippen LogP contribution in [-0.2, 0) is 6.61 Å². The van der Waals surface area contributed by atoms with E-state index in [1.807, 2.05) is 36.4 Å². The predicted octanol–water partition coefficient (Wildman–Crippen LogP) is 4.64. The van der Waals surface area contributed by atoms with Crippen LogP contribution in [-0.4, -0.2) is 6.26 Å². The molecule has 0 saturated carbocycles. The highest BCUT2D eigenvalue weighted by Crippen LogP contribution is 2.20. The second-order valence-electron chi connectivity index (χ2n) is 3.59. The quantitative estimate of drug-likeness (QED) is 0.744. The van der Waals surface area contributed by atoms with E-state index in [4.69, 9.17) is 16.3 Å². The molecule has 3 heteroatoms. The lowest BCUT2D eigenvalue weighted by Gasteiger charge is -2.06. The summed E-state index contributed by atoms with van der Waals surface area (Å²) in [5.41, 5.74) is 1.11. The first-order chi connectivity index (χ1) is 8.28. The Hall–Kier alpha value is -1.12. The van der Waals surface area contributed by atoms with Crippen LogP contribution in [0, 0.1) is 0 Å². The Bertz CT molecular complexity index is 465. The average molecular weight is 265 g/mol. The summed E-state index contributed by atoms with van der Waals surface area (Å²) in [5, 5.41) is 0.748. The molecule has 0 heterocycles. The molecule has 17 heavy (non-hydrogen) atoms. The van der Waals surface area contributed by atoms with Crippen LogP contribution in [0.15, 0.2) is 53.4 Å². The number of hydrogen-bond acceptors (Lipinski definition) is 2. The molecule has 0 radical (unpaired) electrons. The smallest absolute Gasteiger partial charge is 0.119 e. The van der Waals surface area contributed by atoms with Crippen molar-refractivity contribution < 1.29 is 4.74 Å². The van der Waals surface area contributed by atoms with Crippen molar-refractivity contribution >= 4 is 23.4 Å². The summed E-state index contributed by atoms with van der Waals surface area (Å²) in [5.74, 6) is 0.887. The van der Waals surface area contributed by atoms with Gasteiger partial charge < -0.3 is 4.74 Å². The van der Waals surface area contributed by atoms with E-state index in [-0.39, 0.29) is 0 Å². The zero-order valence-electron chi connectivity index (χ0n) is 9.52. The summed E-state index contributed by atoms with van der Waals surface area (Å²) < 4.78 is 5.68. The number of benzene rings is 2. The Kier molecular flexibility index (Phi) is 4.35. The Morgan fingerprint density at radius 1 is 1.00 bits per heavy atom. The van der Waals surface area contributed by atoms with Gasteiger partial charge in [-0.05, 0) is 48.2 Å². The molecule has 0 amide bonds. The summed E-state index contributed by atoms with van der Waals surface area (Å²) in [6.45, 7) is 0.565. The van der Waals surface area contributed by atoms with Crippen molar-refractivity contribution in [2.24, 2.45) is 0 Å². The highest BCUT2D eigenvalue weighted by molar-refractivity contribution is 7.98. The predicted molar refractivity (Wildman–Crippen MR) is 74.0 cm³/mol. The molecule has 1 nitrogen and oxygen atoms in total. The van der Waals surface area contributed by atoms with Gasteiger partial charge >= 0.3 is 0 Å². The van der Waals surface area contributed by atoms with Crippen LogP contribution in [0.5, 0.6) is 5.75 Å². The molecule has 0 N–H and O–H groups in total. The Morgan fingerprint density at radius 3 is 2.24 bits per heavy atom. The van der Waals surface area contributed by atoms with Gasteiger partial charge in [0.15, 0.2) is 0 Å². The SMILES string of the molecule is CSc1ccc(OCc2ccc(Cl)cc2)cc1. The van der Waals surface area contributed by atoms with Crippen LogP contribution in [0.3, 0.4) is 0 Å². The second-order valence-corrected chi connectivity index (χ2v) is 4.91. The number of ether oxygens (including phenoxy) is 1. The monoisotopic (exact) mass is 264 g/mol. The first-order valence-electron chi connectivity index (χ1n) is 5.29. The van der Waals surface area contributed by atoms with E-state index in [1.165, 1.54) is 4.90 Å². The number of rotatable bonds is 4.